The van der Waals surface area contributed by atoms with Gasteiger partial charge in [-0.15, -0.1) is 0 Å². The predicted molar refractivity (Wildman–Crippen MR) is 83.0 cm³/mol. The van der Waals surface area contributed by atoms with Gasteiger partial charge in [0.15, 0.2) is 0 Å². The number of hydrogen-bond donors (Lipinski definition) is 1. The second-order valence-corrected chi connectivity index (χ2v) is 5.23. The molecule has 1 aliphatic rings. The van der Waals surface area contributed by atoms with Gasteiger partial charge in [0.2, 0.25) is 0 Å². The summed E-state index contributed by atoms with van der Waals surface area (Å²) in [6.45, 7) is 5.44. The lowest BCUT2D eigenvalue weighted by Gasteiger charge is -2.13. The molecule has 3 rings (SSSR count). The van der Waals surface area contributed by atoms with E-state index in [1.165, 1.54) is 5.56 Å². The molecule has 1 aromatic heterocycles. The van der Waals surface area contributed by atoms with E-state index >= 15 is 0 Å². The highest BCUT2D eigenvalue weighted by Gasteiger charge is 2.21. The Morgan fingerprint density at radius 2 is 2.33 bits per heavy atom. The third-order valence-electron chi connectivity index (χ3n) is 3.52. The summed E-state index contributed by atoms with van der Waals surface area (Å²) >= 11 is 0. The van der Waals surface area contributed by atoms with Crippen LogP contribution < -0.4 is 14.8 Å². The van der Waals surface area contributed by atoms with E-state index in [9.17, 15) is 0 Å². The van der Waals surface area contributed by atoms with Crippen molar-refractivity contribution in [3.8, 4) is 11.5 Å². The fourth-order valence-electron chi connectivity index (χ4n) is 2.57. The van der Waals surface area contributed by atoms with E-state index in [4.69, 9.17) is 9.47 Å². The first kappa shape index (κ1) is 13.7. The van der Waals surface area contributed by atoms with E-state index in [-0.39, 0.29) is 6.10 Å². The monoisotopic (exact) mass is 284 g/mol. The lowest BCUT2D eigenvalue weighted by molar-refractivity contribution is 0.254. The molecule has 1 aromatic carbocycles. The Labute approximate surface area is 125 Å². The maximum absolute atomic E-state index is 5.84. The molecule has 2 aromatic rings. The molecule has 1 atom stereocenters. The van der Waals surface area contributed by atoms with Crippen molar-refractivity contribution in [3.63, 3.8) is 0 Å². The van der Waals surface area contributed by atoms with Crippen molar-refractivity contribution in [2.45, 2.75) is 32.9 Å². The maximum Gasteiger partial charge on any atom is 0.124 e. The van der Waals surface area contributed by atoms with Crippen molar-refractivity contribution in [2.75, 3.05) is 11.9 Å². The van der Waals surface area contributed by atoms with Crippen LogP contribution >= 0.6 is 0 Å². The van der Waals surface area contributed by atoms with E-state index < -0.39 is 0 Å². The number of anilines is 1. The Bertz CT molecular complexity index is 614. The zero-order chi connectivity index (χ0) is 14.7. The van der Waals surface area contributed by atoms with Crippen LogP contribution in [-0.4, -0.2) is 17.7 Å². The Morgan fingerprint density at radius 1 is 1.43 bits per heavy atom. The number of pyridine rings is 1. The zero-order valence-electron chi connectivity index (χ0n) is 12.4. The lowest BCUT2D eigenvalue weighted by Crippen LogP contribution is -2.05. The van der Waals surface area contributed by atoms with Crippen LogP contribution in [-0.2, 0) is 13.0 Å². The Kier molecular flexibility index (Phi) is 3.95. The first-order chi connectivity index (χ1) is 10.3. The van der Waals surface area contributed by atoms with Crippen LogP contribution in [0.1, 0.15) is 25.0 Å². The van der Waals surface area contributed by atoms with Crippen molar-refractivity contribution in [1.82, 2.24) is 4.98 Å². The molecular formula is C17H20N2O2. The highest BCUT2D eigenvalue weighted by atomic mass is 16.5. The Balaban J connectivity index is 1.81. The summed E-state index contributed by atoms with van der Waals surface area (Å²) in [5, 5.41) is 3.36. The molecule has 1 unspecified atom stereocenters. The number of aromatic nitrogens is 1. The van der Waals surface area contributed by atoms with E-state index in [0.29, 0.717) is 13.2 Å². The highest BCUT2D eigenvalue weighted by molar-refractivity contribution is 5.50. The molecule has 21 heavy (non-hydrogen) atoms. The summed E-state index contributed by atoms with van der Waals surface area (Å²) in [7, 11) is 0. The number of ether oxygens (including phenoxy) is 2. The van der Waals surface area contributed by atoms with Crippen LogP contribution in [0.2, 0.25) is 0 Å². The number of benzene rings is 1. The van der Waals surface area contributed by atoms with Crippen molar-refractivity contribution in [2.24, 2.45) is 0 Å². The molecule has 0 bridgehead atoms. The van der Waals surface area contributed by atoms with Crippen LogP contribution in [0.3, 0.4) is 0 Å². The first-order valence-corrected chi connectivity index (χ1v) is 7.35. The molecule has 4 nitrogen and oxygen atoms in total. The van der Waals surface area contributed by atoms with Gasteiger partial charge in [-0.2, -0.15) is 0 Å². The minimum absolute atomic E-state index is 0.246. The van der Waals surface area contributed by atoms with E-state index in [1.54, 1.807) is 6.20 Å². The Hall–Kier alpha value is -2.23. The molecule has 1 aliphatic heterocycles. The molecule has 0 amide bonds. The number of nitrogens with zero attached hydrogens (tertiary/aromatic N) is 1. The number of fused-ring (bicyclic) bond motifs is 1. The fraction of sp³-hybridized carbons (Fsp3) is 0.353. The highest BCUT2D eigenvalue weighted by Crippen LogP contribution is 2.35. The molecule has 0 fully saturated rings. The minimum Gasteiger partial charge on any atom is -0.494 e. The molecular weight excluding hydrogens is 264 g/mol. The molecule has 0 aliphatic carbocycles. The van der Waals surface area contributed by atoms with E-state index in [2.05, 4.69) is 29.4 Å². The maximum atomic E-state index is 5.84. The molecule has 4 heteroatoms. The molecule has 0 saturated heterocycles. The van der Waals surface area contributed by atoms with E-state index in [0.717, 1.165) is 29.2 Å². The summed E-state index contributed by atoms with van der Waals surface area (Å²) in [6.07, 6.45) is 4.77. The predicted octanol–water partition coefficient (Wildman–Crippen LogP) is 3.42. The standard InChI is InChI=1S/C17H20N2O2/c1-3-20-16-8-13-7-12(2)21-17(13)9-14(16)10-19-15-5-4-6-18-11-15/h4-6,8-9,11-12,19H,3,7,10H2,1-2H3. The van der Waals surface area contributed by atoms with E-state index in [1.807, 2.05) is 25.3 Å². The van der Waals surface area contributed by atoms with Crippen molar-refractivity contribution < 1.29 is 9.47 Å². The first-order valence-electron chi connectivity index (χ1n) is 7.35. The third-order valence-corrected chi connectivity index (χ3v) is 3.52. The van der Waals surface area contributed by atoms with Gasteiger partial charge < -0.3 is 14.8 Å². The average molecular weight is 284 g/mol. The molecule has 110 valence electrons. The van der Waals surface area contributed by atoms with Gasteiger partial charge in [0.1, 0.15) is 17.6 Å². The number of nitrogens with one attached hydrogen (secondary N) is 1. The largest absolute Gasteiger partial charge is 0.494 e. The van der Waals surface area contributed by atoms with Crippen molar-refractivity contribution in [3.05, 3.63) is 47.8 Å². The van der Waals surface area contributed by atoms with Crippen LogP contribution in [0.5, 0.6) is 11.5 Å². The lowest BCUT2D eigenvalue weighted by atomic mass is 10.1. The van der Waals surface area contributed by atoms with Gasteiger partial charge in [0.25, 0.3) is 0 Å². The summed E-state index contributed by atoms with van der Waals surface area (Å²) < 4.78 is 11.6. The summed E-state index contributed by atoms with van der Waals surface area (Å²) in [4.78, 5) is 4.11. The molecule has 0 radical (unpaired) electrons. The normalized spacial score (nSPS) is 16.2. The van der Waals surface area contributed by atoms with Crippen LogP contribution in [0, 0.1) is 0 Å². The second-order valence-electron chi connectivity index (χ2n) is 5.23. The van der Waals surface area contributed by atoms with Crippen molar-refractivity contribution >= 4 is 5.69 Å². The quantitative estimate of drug-likeness (QED) is 0.913. The van der Waals surface area contributed by atoms with Gasteiger partial charge in [-0.1, -0.05) is 0 Å². The van der Waals surface area contributed by atoms with Gasteiger partial charge in [-0.3, -0.25) is 4.98 Å². The van der Waals surface area contributed by atoms with Gasteiger partial charge in [-0.05, 0) is 38.1 Å². The van der Waals surface area contributed by atoms with Gasteiger partial charge in [0.05, 0.1) is 12.3 Å². The summed E-state index contributed by atoms with van der Waals surface area (Å²) in [5.41, 5.74) is 3.33. The van der Waals surface area contributed by atoms with Gasteiger partial charge in [-0.25, -0.2) is 0 Å². The van der Waals surface area contributed by atoms with Gasteiger partial charge in [0, 0.05) is 36.5 Å². The van der Waals surface area contributed by atoms with Crippen LogP contribution in [0.4, 0.5) is 5.69 Å². The second kappa shape index (κ2) is 6.04. The Morgan fingerprint density at radius 3 is 3.10 bits per heavy atom. The molecule has 0 saturated carbocycles. The smallest absolute Gasteiger partial charge is 0.124 e. The molecule has 2 heterocycles. The molecule has 0 spiro atoms. The van der Waals surface area contributed by atoms with Gasteiger partial charge >= 0.3 is 0 Å². The average Bonchev–Trinajstić information content (AvgIpc) is 2.85. The third kappa shape index (κ3) is 3.10. The van der Waals surface area contributed by atoms with Crippen molar-refractivity contribution in [1.29, 1.82) is 0 Å². The molecule has 1 N–H and O–H groups in total. The van der Waals surface area contributed by atoms with Crippen LogP contribution in [0.15, 0.2) is 36.7 Å². The SMILES string of the molecule is CCOc1cc2c(cc1CNc1cccnc1)OC(C)C2. The number of rotatable bonds is 5. The summed E-state index contributed by atoms with van der Waals surface area (Å²) in [5.74, 6) is 1.92. The number of hydrogen-bond acceptors (Lipinski definition) is 4. The fourth-order valence-corrected chi connectivity index (χ4v) is 2.57. The topological polar surface area (TPSA) is 43.4 Å². The zero-order valence-corrected chi connectivity index (χ0v) is 12.4. The van der Waals surface area contributed by atoms with Crippen LogP contribution in [0.25, 0.3) is 0 Å². The minimum atomic E-state index is 0.246. The summed E-state index contributed by atoms with van der Waals surface area (Å²) in [6, 6.07) is 8.12.